The summed E-state index contributed by atoms with van der Waals surface area (Å²) < 4.78 is 17.1. The third kappa shape index (κ3) is 6.53. The first-order chi connectivity index (χ1) is 8.78. The SMILES string of the molecule is Cc1ccccc1CS(=O)CCC(=O)OC(C)(C)C. The summed E-state index contributed by atoms with van der Waals surface area (Å²) in [7, 11) is -1.03. The molecule has 0 aliphatic carbocycles. The Morgan fingerprint density at radius 3 is 2.47 bits per heavy atom. The van der Waals surface area contributed by atoms with Crippen molar-refractivity contribution in [2.24, 2.45) is 0 Å². The van der Waals surface area contributed by atoms with Crippen LogP contribution in [0.15, 0.2) is 24.3 Å². The van der Waals surface area contributed by atoms with Gasteiger partial charge in [-0.3, -0.25) is 9.00 Å². The number of hydrogen-bond donors (Lipinski definition) is 0. The molecular formula is C15H22O3S. The minimum absolute atomic E-state index is 0.204. The summed E-state index contributed by atoms with van der Waals surface area (Å²) in [5.41, 5.74) is 1.73. The Kier molecular flexibility index (Phi) is 5.73. The minimum Gasteiger partial charge on any atom is -0.460 e. The molecule has 0 N–H and O–H groups in total. The molecule has 0 saturated carbocycles. The van der Waals surface area contributed by atoms with Crippen molar-refractivity contribution in [3.63, 3.8) is 0 Å². The average molecular weight is 282 g/mol. The normalized spacial score (nSPS) is 13.1. The Hall–Kier alpha value is -1.16. The largest absolute Gasteiger partial charge is 0.460 e. The van der Waals surface area contributed by atoms with Gasteiger partial charge in [0, 0.05) is 22.3 Å². The minimum atomic E-state index is -1.03. The first-order valence-electron chi connectivity index (χ1n) is 6.39. The summed E-state index contributed by atoms with van der Waals surface area (Å²) in [6.45, 7) is 7.49. The molecule has 0 heterocycles. The molecule has 1 rings (SSSR count). The maximum absolute atomic E-state index is 11.9. The van der Waals surface area contributed by atoms with E-state index in [9.17, 15) is 9.00 Å². The molecule has 0 bridgehead atoms. The second kappa shape index (κ2) is 6.85. The Balaban J connectivity index is 2.41. The quantitative estimate of drug-likeness (QED) is 0.780. The lowest BCUT2D eigenvalue weighted by molar-refractivity contribution is -0.154. The molecule has 1 atom stereocenters. The van der Waals surface area contributed by atoms with E-state index < -0.39 is 16.4 Å². The van der Waals surface area contributed by atoms with Crippen molar-refractivity contribution in [3.8, 4) is 0 Å². The van der Waals surface area contributed by atoms with Gasteiger partial charge in [-0.25, -0.2) is 0 Å². The smallest absolute Gasteiger partial charge is 0.307 e. The number of benzene rings is 1. The maximum Gasteiger partial charge on any atom is 0.307 e. The lowest BCUT2D eigenvalue weighted by Crippen LogP contribution is -2.24. The fourth-order valence-electron chi connectivity index (χ4n) is 1.61. The van der Waals surface area contributed by atoms with E-state index in [1.165, 1.54) is 0 Å². The summed E-state index contributed by atoms with van der Waals surface area (Å²) in [4.78, 5) is 11.5. The van der Waals surface area contributed by atoms with E-state index >= 15 is 0 Å². The van der Waals surface area contributed by atoms with Crippen LogP contribution in [0.5, 0.6) is 0 Å². The molecule has 0 saturated heterocycles. The molecule has 1 unspecified atom stereocenters. The van der Waals surface area contributed by atoms with Gasteiger partial charge in [0.05, 0.1) is 6.42 Å². The Morgan fingerprint density at radius 1 is 1.26 bits per heavy atom. The van der Waals surface area contributed by atoms with Gasteiger partial charge in [0.1, 0.15) is 5.60 Å². The number of hydrogen-bond acceptors (Lipinski definition) is 3. The van der Waals surface area contributed by atoms with Crippen LogP contribution in [0.2, 0.25) is 0 Å². The predicted molar refractivity (Wildman–Crippen MR) is 78.4 cm³/mol. The van der Waals surface area contributed by atoms with Crippen molar-refractivity contribution in [2.45, 2.75) is 45.5 Å². The Labute approximate surface area is 117 Å². The zero-order valence-electron chi connectivity index (χ0n) is 12.1. The van der Waals surface area contributed by atoms with Gasteiger partial charge in [0.25, 0.3) is 0 Å². The predicted octanol–water partition coefficient (Wildman–Crippen LogP) is 2.98. The van der Waals surface area contributed by atoms with E-state index in [1.54, 1.807) is 0 Å². The Bertz CT molecular complexity index is 461. The third-order valence-electron chi connectivity index (χ3n) is 2.53. The molecule has 3 nitrogen and oxygen atoms in total. The molecule has 0 spiro atoms. The van der Waals surface area contributed by atoms with Gasteiger partial charge >= 0.3 is 5.97 Å². The van der Waals surface area contributed by atoms with Crippen molar-refractivity contribution in [1.82, 2.24) is 0 Å². The lowest BCUT2D eigenvalue weighted by Gasteiger charge is -2.19. The first-order valence-corrected chi connectivity index (χ1v) is 7.88. The second-order valence-corrected chi connectivity index (χ2v) is 7.13. The highest BCUT2D eigenvalue weighted by molar-refractivity contribution is 7.84. The van der Waals surface area contributed by atoms with Crippen LogP contribution >= 0.6 is 0 Å². The van der Waals surface area contributed by atoms with Crippen LogP contribution < -0.4 is 0 Å². The number of esters is 1. The van der Waals surface area contributed by atoms with Crippen LogP contribution in [0.3, 0.4) is 0 Å². The van der Waals surface area contributed by atoms with Crippen LogP contribution in [-0.4, -0.2) is 21.5 Å². The van der Waals surface area contributed by atoms with Gasteiger partial charge in [-0.15, -0.1) is 0 Å². The highest BCUT2D eigenvalue weighted by Gasteiger charge is 2.16. The van der Waals surface area contributed by atoms with Crippen molar-refractivity contribution in [2.75, 3.05) is 5.75 Å². The van der Waals surface area contributed by atoms with E-state index in [0.29, 0.717) is 11.5 Å². The highest BCUT2D eigenvalue weighted by Crippen LogP contribution is 2.12. The van der Waals surface area contributed by atoms with Gasteiger partial charge in [0.2, 0.25) is 0 Å². The number of aryl methyl sites for hydroxylation is 1. The van der Waals surface area contributed by atoms with Gasteiger partial charge in [-0.1, -0.05) is 24.3 Å². The summed E-state index contributed by atoms with van der Waals surface area (Å²) in [5, 5.41) is 0. The van der Waals surface area contributed by atoms with E-state index in [4.69, 9.17) is 4.74 Å². The van der Waals surface area contributed by atoms with E-state index in [-0.39, 0.29) is 12.4 Å². The number of rotatable bonds is 5. The zero-order valence-corrected chi connectivity index (χ0v) is 12.9. The standard InChI is InChI=1S/C15H22O3S/c1-12-7-5-6-8-13(12)11-19(17)10-9-14(16)18-15(2,3)4/h5-8H,9-11H2,1-4H3. The van der Waals surface area contributed by atoms with Crippen LogP contribution in [0, 0.1) is 6.92 Å². The van der Waals surface area contributed by atoms with Crippen LogP contribution in [-0.2, 0) is 26.1 Å². The lowest BCUT2D eigenvalue weighted by atomic mass is 10.1. The molecule has 0 radical (unpaired) electrons. The fourth-order valence-corrected chi connectivity index (χ4v) is 2.82. The molecule has 0 aromatic heterocycles. The maximum atomic E-state index is 11.9. The third-order valence-corrected chi connectivity index (χ3v) is 3.82. The number of carbonyl (C=O) groups is 1. The second-order valence-electron chi connectivity index (χ2n) is 5.55. The van der Waals surface area contributed by atoms with E-state index in [2.05, 4.69) is 0 Å². The number of ether oxygens (including phenoxy) is 1. The van der Waals surface area contributed by atoms with Gasteiger partial charge in [0.15, 0.2) is 0 Å². The summed E-state index contributed by atoms with van der Waals surface area (Å²) in [6.07, 6.45) is 0.204. The fraction of sp³-hybridized carbons (Fsp3) is 0.533. The van der Waals surface area contributed by atoms with E-state index in [0.717, 1.165) is 11.1 Å². The van der Waals surface area contributed by atoms with Crippen molar-refractivity contribution in [1.29, 1.82) is 0 Å². The molecule has 0 aliphatic rings. The average Bonchev–Trinajstić information content (AvgIpc) is 2.27. The number of carbonyl (C=O) groups excluding carboxylic acids is 1. The van der Waals surface area contributed by atoms with Gasteiger partial charge in [-0.2, -0.15) is 0 Å². The molecule has 0 fully saturated rings. The summed E-state index contributed by atoms with van der Waals surface area (Å²) in [6, 6.07) is 7.87. The molecule has 1 aromatic rings. The van der Waals surface area contributed by atoms with Gasteiger partial charge < -0.3 is 4.74 Å². The van der Waals surface area contributed by atoms with Crippen LogP contribution in [0.1, 0.15) is 38.3 Å². The molecule has 1 aromatic carbocycles. The topological polar surface area (TPSA) is 43.4 Å². The molecule has 19 heavy (non-hydrogen) atoms. The van der Waals surface area contributed by atoms with Crippen LogP contribution in [0.4, 0.5) is 0 Å². The first kappa shape index (κ1) is 15.9. The summed E-state index contributed by atoms with van der Waals surface area (Å²) in [5.74, 6) is 0.560. The zero-order chi connectivity index (χ0) is 14.5. The molecule has 106 valence electrons. The molecule has 4 heteroatoms. The van der Waals surface area contributed by atoms with Gasteiger partial charge in [-0.05, 0) is 38.8 Å². The Morgan fingerprint density at radius 2 is 1.89 bits per heavy atom. The highest BCUT2D eigenvalue weighted by atomic mass is 32.2. The molecule has 0 aliphatic heterocycles. The summed E-state index contributed by atoms with van der Waals surface area (Å²) >= 11 is 0. The molecule has 0 amide bonds. The monoisotopic (exact) mass is 282 g/mol. The van der Waals surface area contributed by atoms with Crippen molar-refractivity contribution >= 4 is 16.8 Å². The van der Waals surface area contributed by atoms with Crippen molar-refractivity contribution in [3.05, 3.63) is 35.4 Å². The van der Waals surface area contributed by atoms with Crippen molar-refractivity contribution < 1.29 is 13.7 Å². The van der Waals surface area contributed by atoms with Crippen LogP contribution in [0.25, 0.3) is 0 Å². The molecular weight excluding hydrogens is 260 g/mol. The van der Waals surface area contributed by atoms with E-state index in [1.807, 2.05) is 52.0 Å².